The van der Waals surface area contributed by atoms with E-state index in [0.29, 0.717) is 5.65 Å². The molecular formula is C10H14N6O. The van der Waals surface area contributed by atoms with Crippen LogP contribution in [-0.2, 0) is 4.74 Å². The Morgan fingerprint density at radius 3 is 3.18 bits per heavy atom. The highest BCUT2D eigenvalue weighted by Crippen LogP contribution is 2.17. The van der Waals surface area contributed by atoms with Crippen molar-refractivity contribution in [2.45, 2.75) is 12.1 Å². The lowest BCUT2D eigenvalue weighted by molar-refractivity contribution is 0.111. The number of aromatic amines is 1. The van der Waals surface area contributed by atoms with Crippen LogP contribution in [0.15, 0.2) is 12.7 Å². The van der Waals surface area contributed by atoms with Gasteiger partial charge in [-0.15, -0.1) is 0 Å². The first-order valence-electron chi connectivity index (χ1n) is 5.52. The van der Waals surface area contributed by atoms with Crippen molar-refractivity contribution in [3.63, 3.8) is 0 Å². The molecule has 0 unspecified atom stereocenters. The fourth-order valence-electron chi connectivity index (χ4n) is 2.10. The predicted octanol–water partition coefficient (Wildman–Crippen LogP) is -0.248. The molecule has 0 amide bonds. The largest absolute Gasteiger partial charge is 0.378 e. The van der Waals surface area contributed by atoms with Crippen molar-refractivity contribution in [3.8, 4) is 0 Å². The summed E-state index contributed by atoms with van der Waals surface area (Å²) in [4.78, 5) is 15.4. The van der Waals surface area contributed by atoms with E-state index in [9.17, 15) is 0 Å². The highest BCUT2D eigenvalue weighted by Gasteiger charge is 2.27. The number of methoxy groups -OCH3 is 1. The number of nitrogens with zero attached hydrogens (tertiary/aromatic N) is 3. The molecule has 7 nitrogen and oxygen atoms in total. The van der Waals surface area contributed by atoms with Crippen LogP contribution in [0, 0.1) is 0 Å². The topological polar surface area (TPSA) is 87.8 Å². The van der Waals surface area contributed by atoms with Crippen LogP contribution < -0.4 is 10.6 Å². The molecule has 3 N–H and O–H groups in total. The number of imidazole rings is 1. The number of aromatic nitrogens is 4. The lowest BCUT2D eigenvalue weighted by Crippen LogP contribution is -2.33. The Kier molecular flexibility index (Phi) is 2.62. The van der Waals surface area contributed by atoms with Gasteiger partial charge in [-0.25, -0.2) is 15.0 Å². The van der Waals surface area contributed by atoms with Crippen LogP contribution in [0.25, 0.3) is 11.2 Å². The molecule has 0 aromatic carbocycles. The van der Waals surface area contributed by atoms with Crippen LogP contribution in [-0.4, -0.2) is 52.3 Å². The molecule has 3 rings (SSSR count). The van der Waals surface area contributed by atoms with Crippen LogP contribution in [0.2, 0.25) is 0 Å². The number of anilines is 1. The van der Waals surface area contributed by atoms with Crippen molar-refractivity contribution in [3.05, 3.63) is 12.7 Å². The zero-order chi connectivity index (χ0) is 11.7. The monoisotopic (exact) mass is 234 g/mol. The number of rotatable bonds is 3. The van der Waals surface area contributed by atoms with Crippen LogP contribution >= 0.6 is 0 Å². The predicted molar refractivity (Wildman–Crippen MR) is 62.8 cm³/mol. The molecule has 2 aromatic rings. The first kappa shape index (κ1) is 10.4. The summed E-state index contributed by atoms with van der Waals surface area (Å²) in [5.74, 6) is 0.767. The molecule has 2 atom stereocenters. The molecule has 1 aliphatic heterocycles. The molecule has 2 aromatic heterocycles. The van der Waals surface area contributed by atoms with E-state index in [1.807, 2.05) is 0 Å². The summed E-state index contributed by atoms with van der Waals surface area (Å²) in [6.07, 6.45) is 3.28. The van der Waals surface area contributed by atoms with Gasteiger partial charge in [0.15, 0.2) is 11.5 Å². The number of H-pyrrole nitrogens is 1. The van der Waals surface area contributed by atoms with Gasteiger partial charge in [-0.05, 0) is 0 Å². The Hall–Kier alpha value is -1.73. The molecular weight excluding hydrogens is 220 g/mol. The third kappa shape index (κ3) is 1.83. The summed E-state index contributed by atoms with van der Waals surface area (Å²) in [5, 5.41) is 6.64. The van der Waals surface area contributed by atoms with Crippen molar-refractivity contribution < 1.29 is 4.74 Å². The van der Waals surface area contributed by atoms with Crippen LogP contribution in [0.4, 0.5) is 5.82 Å². The van der Waals surface area contributed by atoms with E-state index in [1.165, 1.54) is 6.33 Å². The molecule has 1 fully saturated rings. The van der Waals surface area contributed by atoms with E-state index in [1.54, 1.807) is 13.4 Å². The zero-order valence-corrected chi connectivity index (χ0v) is 9.47. The number of fused-ring (bicyclic) bond motifs is 1. The maximum Gasteiger partial charge on any atom is 0.182 e. The highest BCUT2D eigenvalue weighted by molar-refractivity contribution is 5.82. The lowest BCUT2D eigenvalue weighted by atomic mass is 10.2. The molecule has 17 heavy (non-hydrogen) atoms. The molecule has 1 saturated heterocycles. The Labute approximate surface area is 98.0 Å². The summed E-state index contributed by atoms with van der Waals surface area (Å²) in [6, 6.07) is 0.210. The fourth-order valence-corrected chi connectivity index (χ4v) is 2.10. The second-order valence-electron chi connectivity index (χ2n) is 4.01. The number of hydrogen-bond acceptors (Lipinski definition) is 6. The molecule has 90 valence electrons. The zero-order valence-electron chi connectivity index (χ0n) is 9.47. The number of ether oxygens (including phenoxy) is 1. The third-order valence-electron chi connectivity index (χ3n) is 3.01. The Morgan fingerprint density at radius 2 is 2.29 bits per heavy atom. The molecule has 0 aliphatic carbocycles. The average Bonchev–Trinajstić information content (AvgIpc) is 2.97. The molecule has 0 bridgehead atoms. The fraction of sp³-hybridized carbons (Fsp3) is 0.500. The Bertz CT molecular complexity index is 512. The van der Waals surface area contributed by atoms with E-state index < -0.39 is 0 Å². The van der Waals surface area contributed by atoms with Gasteiger partial charge >= 0.3 is 0 Å². The van der Waals surface area contributed by atoms with Gasteiger partial charge in [0, 0.05) is 20.2 Å². The average molecular weight is 234 g/mol. The maximum atomic E-state index is 5.40. The number of hydrogen-bond donors (Lipinski definition) is 3. The maximum absolute atomic E-state index is 5.40. The van der Waals surface area contributed by atoms with Crippen LogP contribution in [0.5, 0.6) is 0 Å². The summed E-state index contributed by atoms with van der Waals surface area (Å²) in [6.45, 7) is 1.71. The first-order valence-corrected chi connectivity index (χ1v) is 5.52. The van der Waals surface area contributed by atoms with Gasteiger partial charge in [0.05, 0.1) is 18.5 Å². The van der Waals surface area contributed by atoms with Gasteiger partial charge in [0.25, 0.3) is 0 Å². The van der Waals surface area contributed by atoms with Gasteiger partial charge in [-0.2, -0.15) is 0 Å². The van der Waals surface area contributed by atoms with Crippen LogP contribution in [0.1, 0.15) is 0 Å². The summed E-state index contributed by atoms with van der Waals surface area (Å²) >= 11 is 0. The standard InChI is InChI=1S/C10H14N6O/c1-17-7-3-11-2-6(7)16-10-8-9(13-4-12-8)14-5-15-10/h4-7,11H,2-3H2,1H3,(H2,12,13,14,15,16)/t6-,7-/m0/s1. The smallest absolute Gasteiger partial charge is 0.182 e. The lowest BCUT2D eigenvalue weighted by Gasteiger charge is -2.19. The van der Waals surface area contributed by atoms with E-state index >= 15 is 0 Å². The minimum Gasteiger partial charge on any atom is -0.378 e. The second kappa shape index (κ2) is 4.27. The normalized spacial score (nSPS) is 24.3. The van der Waals surface area contributed by atoms with Gasteiger partial charge in [-0.3, -0.25) is 0 Å². The van der Waals surface area contributed by atoms with Crippen molar-refractivity contribution in [1.82, 2.24) is 25.3 Å². The van der Waals surface area contributed by atoms with Crippen LogP contribution in [0.3, 0.4) is 0 Å². The van der Waals surface area contributed by atoms with E-state index in [-0.39, 0.29) is 12.1 Å². The molecule has 1 aliphatic rings. The SMILES string of the molecule is CO[C@H]1CNC[C@@H]1Nc1ncnc2nc[nH]c12. The van der Waals surface area contributed by atoms with Gasteiger partial charge in [-0.1, -0.05) is 0 Å². The quantitative estimate of drug-likeness (QED) is 0.679. The first-order chi connectivity index (χ1) is 8.38. The summed E-state index contributed by atoms with van der Waals surface area (Å²) < 4.78 is 5.40. The highest BCUT2D eigenvalue weighted by atomic mass is 16.5. The molecule has 0 spiro atoms. The second-order valence-corrected chi connectivity index (χ2v) is 4.01. The minimum absolute atomic E-state index is 0.155. The van der Waals surface area contributed by atoms with Gasteiger partial charge in [0.2, 0.25) is 0 Å². The van der Waals surface area contributed by atoms with E-state index in [2.05, 4.69) is 30.6 Å². The molecule has 0 radical (unpaired) electrons. The molecule has 0 saturated carbocycles. The third-order valence-corrected chi connectivity index (χ3v) is 3.01. The van der Waals surface area contributed by atoms with Crippen molar-refractivity contribution in [1.29, 1.82) is 0 Å². The number of nitrogens with one attached hydrogen (secondary N) is 3. The summed E-state index contributed by atoms with van der Waals surface area (Å²) in [7, 11) is 1.72. The Balaban J connectivity index is 1.87. The molecule has 3 heterocycles. The summed E-state index contributed by atoms with van der Waals surface area (Å²) in [5.41, 5.74) is 1.50. The van der Waals surface area contributed by atoms with Crippen molar-refractivity contribution >= 4 is 17.0 Å². The van der Waals surface area contributed by atoms with Gasteiger partial charge < -0.3 is 20.4 Å². The van der Waals surface area contributed by atoms with Crippen molar-refractivity contribution in [2.24, 2.45) is 0 Å². The minimum atomic E-state index is 0.155. The Morgan fingerprint density at radius 1 is 1.35 bits per heavy atom. The molecule has 7 heteroatoms. The van der Waals surface area contributed by atoms with E-state index in [4.69, 9.17) is 4.74 Å². The van der Waals surface area contributed by atoms with Gasteiger partial charge in [0.1, 0.15) is 11.8 Å². The van der Waals surface area contributed by atoms with E-state index in [0.717, 1.165) is 24.4 Å². The van der Waals surface area contributed by atoms with Crippen molar-refractivity contribution in [2.75, 3.05) is 25.5 Å².